The van der Waals surface area contributed by atoms with Crippen LogP contribution in [-0.4, -0.2) is 17.6 Å². The van der Waals surface area contributed by atoms with Gasteiger partial charge in [0.25, 0.3) is 6.43 Å². The summed E-state index contributed by atoms with van der Waals surface area (Å²) in [6, 6.07) is 2.73. The summed E-state index contributed by atoms with van der Waals surface area (Å²) < 4.78 is 29.8. The molecule has 0 aromatic carbocycles. The monoisotopic (exact) mass is 274 g/mol. The van der Waals surface area contributed by atoms with Crippen LogP contribution in [0.2, 0.25) is 5.15 Å². The Morgan fingerprint density at radius 1 is 1.67 bits per heavy atom. The van der Waals surface area contributed by atoms with E-state index in [2.05, 4.69) is 4.98 Å². The van der Waals surface area contributed by atoms with Crippen molar-refractivity contribution in [2.45, 2.75) is 19.8 Å². The topological polar surface area (TPSA) is 63.0 Å². The number of aromatic nitrogens is 1. The van der Waals surface area contributed by atoms with E-state index in [1.54, 1.807) is 13.0 Å². The van der Waals surface area contributed by atoms with Gasteiger partial charge in [0.15, 0.2) is 0 Å². The fourth-order valence-corrected chi connectivity index (χ4v) is 1.51. The Morgan fingerprint density at radius 3 is 2.83 bits per heavy atom. The highest BCUT2D eigenvalue weighted by atomic mass is 35.5. The number of nitriles is 1. The molecule has 0 aliphatic rings. The van der Waals surface area contributed by atoms with Gasteiger partial charge in [-0.25, -0.2) is 13.8 Å². The molecule has 0 aliphatic heterocycles. The largest absolute Gasteiger partial charge is 0.466 e. The van der Waals surface area contributed by atoms with Crippen molar-refractivity contribution in [3.05, 3.63) is 28.0 Å². The molecule has 0 unspecified atom stereocenters. The van der Waals surface area contributed by atoms with Gasteiger partial charge in [0, 0.05) is 5.56 Å². The van der Waals surface area contributed by atoms with Crippen LogP contribution in [0.3, 0.4) is 0 Å². The van der Waals surface area contributed by atoms with Gasteiger partial charge in [0.2, 0.25) is 0 Å². The first kappa shape index (κ1) is 14.3. The van der Waals surface area contributed by atoms with E-state index >= 15 is 0 Å². The van der Waals surface area contributed by atoms with E-state index in [0.717, 1.165) is 6.07 Å². The van der Waals surface area contributed by atoms with Crippen molar-refractivity contribution >= 4 is 17.6 Å². The van der Waals surface area contributed by atoms with Crippen molar-refractivity contribution < 1.29 is 18.3 Å². The minimum Gasteiger partial charge on any atom is -0.466 e. The van der Waals surface area contributed by atoms with Crippen molar-refractivity contribution in [2.24, 2.45) is 0 Å². The second-order valence-electron chi connectivity index (χ2n) is 3.27. The molecule has 0 amide bonds. The van der Waals surface area contributed by atoms with Gasteiger partial charge in [-0.3, -0.25) is 4.79 Å². The third kappa shape index (κ3) is 3.37. The highest BCUT2D eigenvalue weighted by Gasteiger charge is 2.19. The van der Waals surface area contributed by atoms with Gasteiger partial charge >= 0.3 is 5.97 Å². The molecule has 0 N–H and O–H groups in total. The summed E-state index contributed by atoms with van der Waals surface area (Å²) in [5, 5.41) is 8.51. The van der Waals surface area contributed by atoms with Gasteiger partial charge in [-0.05, 0) is 13.0 Å². The minimum atomic E-state index is -2.89. The number of pyridine rings is 1. The zero-order valence-electron chi connectivity index (χ0n) is 9.41. The van der Waals surface area contributed by atoms with Gasteiger partial charge < -0.3 is 4.74 Å². The highest BCUT2D eigenvalue weighted by molar-refractivity contribution is 6.30. The number of ether oxygens (including phenoxy) is 1. The zero-order valence-corrected chi connectivity index (χ0v) is 10.2. The molecule has 0 bridgehead atoms. The normalized spacial score (nSPS) is 10.2. The van der Waals surface area contributed by atoms with E-state index in [9.17, 15) is 13.6 Å². The first-order chi connectivity index (χ1) is 8.49. The first-order valence-electron chi connectivity index (χ1n) is 5.02. The molecule has 1 rings (SSSR count). The summed E-state index contributed by atoms with van der Waals surface area (Å²) in [5.74, 6) is -0.560. The lowest BCUT2D eigenvalue weighted by atomic mass is 10.1. The Hall–Kier alpha value is -1.74. The van der Waals surface area contributed by atoms with Gasteiger partial charge in [-0.2, -0.15) is 5.26 Å². The van der Waals surface area contributed by atoms with Gasteiger partial charge in [0.1, 0.15) is 16.9 Å². The molecule has 4 nitrogen and oxygen atoms in total. The van der Waals surface area contributed by atoms with E-state index in [1.165, 1.54) is 0 Å². The molecule has 1 aromatic rings. The summed E-state index contributed by atoms with van der Waals surface area (Å²) in [4.78, 5) is 14.7. The van der Waals surface area contributed by atoms with Crippen LogP contribution >= 0.6 is 11.6 Å². The molecule has 7 heteroatoms. The van der Waals surface area contributed by atoms with E-state index in [-0.39, 0.29) is 29.3 Å². The number of nitrogens with zero attached hydrogens (tertiary/aromatic N) is 2. The number of carbonyl (C=O) groups is 1. The van der Waals surface area contributed by atoms with E-state index in [1.807, 2.05) is 0 Å². The third-order valence-electron chi connectivity index (χ3n) is 2.05. The maximum Gasteiger partial charge on any atom is 0.310 e. The standard InChI is InChI=1S/C11H9ClF2N2O2/c1-2-18-8(17)4-6-3-7(5-15)9(11(13)14)16-10(6)12/h3,11H,2,4H2,1H3. The van der Waals surface area contributed by atoms with Gasteiger partial charge in [-0.1, -0.05) is 11.6 Å². The molecule has 0 radical (unpaired) electrons. The van der Waals surface area contributed by atoms with Crippen LogP contribution in [0.4, 0.5) is 8.78 Å². The number of halogens is 3. The van der Waals surface area contributed by atoms with Crippen molar-refractivity contribution in [3.8, 4) is 6.07 Å². The quantitative estimate of drug-likeness (QED) is 0.625. The third-order valence-corrected chi connectivity index (χ3v) is 2.37. The average Bonchev–Trinajstić information content (AvgIpc) is 2.31. The fourth-order valence-electron chi connectivity index (χ4n) is 1.29. The number of hydrogen-bond acceptors (Lipinski definition) is 4. The van der Waals surface area contributed by atoms with Crippen molar-refractivity contribution in [1.82, 2.24) is 4.98 Å². The molecular weight excluding hydrogens is 266 g/mol. The number of esters is 1. The fraction of sp³-hybridized carbons (Fsp3) is 0.364. The second kappa shape index (κ2) is 6.26. The molecule has 96 valence electrons. The predicted octanol–water partition coefficient (Wildman–Crippen LogP) is 2.65. The Kier molecular flexibility index (Phi) is 4.98. The van der Waals surface area contributed by atoms with Crippen LogP contribution in [0.25, 0.3) is 0 Å². The highest BCUT2D eigenvalue weighted by Crippen LogP contribution is 2.25. The second-order valence-corrected chi connectivity index (χ2v) is 3.62. The molecular formula is C11H9ClF2N2O2. The lowest BCUT2D eigenvalue weighted by Crippen LogP contribution is -2.09. The summed E-state index contributed by atoms with van der Waals surface area (Å²) in [7, 11) is 0. The van der Waals surface area contributed by atoms with E-state index < -0.39 is 18.1 Å². The molecule has 0 fully saturated rings. The first-order valence-corrected chi connectivity index (χ1v) is 5.40. The van der Waals surface area contributed by atoms with Crippen LogP contribution in [0.5, 0.6) is 0 Å². The molecule has 0 saturated carbocycles. The van der Waals surface area contributed by atoms with Crippen molar-refractivity contribution in [1.29, 1.82) is 5.26 Å². The Labute approximate surface area is 107 Å². The summed E-state index contributed by atoms with van der Waals surface area (Å²) in [5.41, 5.74) is -0.792. The smallest absolute Gasteiger partial charge is 0.310 e. The number of rotatable bonds is 4. The summed E-state index contributed by atoms with van der Waals surface area (Å²) in [6.45, 7) is 1.84. The molecule has 0 aliphatic carbocycles. The zero-order chi connectivity index (χ0) is 13.7. The average molecular weight is 275 g/mol. The molecule has 0 saturated heterocycles. The lowest BCUT2D eigenvalue weighted by Gasteiger charge is -2.07. The summed E-state index contributed by atoms with van der Waals surface area (Å²) >= 11 is 5.69. The Morgan fingerprint density at radius 2 is 2.33 bits per heavy atom. The molecule has 1 aromatic heterocycles. The summed E-state index contributed by atoms with van der Waals surface area (Å²) in [6.07, 6.45) is -3.11. The maximum atomic E-state index is 12.5. The number of carbonyl (C=O) groups excluding carboxylic acids is 1. The number of hydrogen-bond donors (Lipinski definition) is 0. The van der Waals surface area contributed by atoms with Gasteiger partial charge in [0.05, 0.1) is 18.6 Å². The van der Waals surface area contributed by atoms with Crippen LogP contribution in [0.1, 0.15) is 30.2 Å². The van der Waals surface area contributed by atoms with Gasteiger partial charge in [-0.15, -0.1) is 0 Å². The lowest BCUT2D eigenvalue weighted by molar-refractivity contribution is -0.142. The van der Waals surface area contributed by atoms with Crippen molar-refractivity contribution in [2.75, 3.05) is 6.61 Å². The van der Waals surface area contributed by atoms with Crippen molar-refractivity contribution in [3.63, 3.8) is 0 Å². The molecule has 18 heavy (non-hydrogen) atoms. The maximum absolute atomic E-state index is 12.5. The minimum absolute atomic E-state index is 0.191. The Balaban J connectivity index is 3.09. The number of alkyl halides is 2. The SMILES string of the molecule is CCOC(=O)Cc1cc(C#N)c(C(F)F)nc1Cl. The molecule has 1 heterocycles. The van der Waals surface area contributed by atoms with Crippen LogP contribution in [-0.2, 0) is 16.0 Å². The van der Waals surface area contributed by atoms with Crippen LogP contribution in [0.15, 0.2) is 6.07 Å². The van der Waals surface area contributed by atoms with Crippen LogP contribution in [0, 0.1) is 11.3 Å². The molecule has 0 atom stereocenters. The Bertz CT molecular complexity index is 501. The predicted molar refractivity (Wildman–Crippen MR) is 59.3 cm³/mol. The van der Waals surface area contributed by atoms with E-state index in [4.69, 9.17) is 21.6 Å². The van der Waals surface area contributed by atoms with E-state index in [0.29, 0.717) is 0 Å². The van der Waals surface area contributed by atoms with Crippen LogP contribution < -0.4 is 0 Å². The molecule has 0 spiro atoms.